The molecule has 0 bridgehead atoms. The second-order valence-corrected chi connectivity index (χ2v) is 6.16. The molecule has 5 nitrogen and oxygen atoms in total. The number of nitrogens with one attached hydrogen (secondary N) is 1. The third kappa shape index (κ3) is 6.76. The van der Waals surface area contributed by atoms with Gasteiger partial charge in [0.1, 0.15) is 12.9 Å². The number of carbonyl (C=O) groups excluding carboxylic acids is 2. The average molecular weight is 297 g/mol. The van der Waals surface area contributed by atoms with E-state index in [9.17, 15) is 9.59 Å². The van der Waals surface area contributed by atoms with E-state index in [2.05, 4.69) is 30.8 Å². The first-order valence-electron chi connectivity index (χ1n) is 7.63. The van der Waals surface area contributed by atoms with E-state index < -0.39 is 5.97 Å². The van der Waals surface area contributed by atoms with Gasteiger partial charge in [0, 0.05) is 13.1 Å². The van der Waals surface area contributed by atoms with E-state index in [1.54, 1.807) is 0 Å². The van der Waals surface area contributed by atoms with Crippen LogP contribution in [-0.2, 0) is 19.1 Å². The molecule has 21 heavy (non-hydrogen) atoms. The first kappa shape index (κ1) is 17.7. The Kier molecular flexibility index (Phi) is 7.43. The molecule has 1 amide bonds. The maximum Gasteiger partial charge on any atom is 0.307 e. The molecule has 5 heteroatoms. The van der Waals surface area contributed by atoms with Gasteiger partial charge in [0.05, 0.1) is 6.10 Å². The highest BCUT2D eigenvalue weighted by Gasteiger charge is 2.31. The molecule has 0 saturated heterocycles. The second-order valence-electron chi connectivity index (χ2n) is 6.16. The number of ether oxygens (including phenoxy) is 2. The number of hydrogen-bond acceptors (Lipinski definition) is 4. The summed E-state index contributed by atoms with van der Waals surface area (Å²) in [6, 6.07) is 0. The van der Waals surface area contributed by atoms with E-state index in [0.717, 1.165) is 19.1 Å². The molecule has 120 valence electrons. The zero-order valence-corrected chi connectivity index (χ0v) is 13.4. The standard InChI is InChI=1S/C16H27NO4/c1-11(2)14-6-5-12(3)9-15(14)21-10-16(19)17-7-8-20-13(4)18/h7-8,11-12,14-15H,5-6,9-10H2,1-4H3,(H,17,19). The maximum atomic E-state index is 11.7. The van der Waals surface area contributed by atoms with Crippen molar-refractivity contribution in [1.29, 1.82) is 0 Å². The van der Waals surface area contributed by atoms with Gasteiger partial charge in [-0.1, -0.05) is 27.2 Å². The van der Waals surface area contributed by atoms with Crippen LogP contribution in [0.1, 0.15) is 47.0 Å². The Morgan fingerprint density at radius 3 is 2.67 bits per heavy atom. The van der Waals surface area contributed by atoms with Crippen molar-refractivity contribution in [3.63, 3.8) is 0 Å². The molecule has 1 saturated carbocycles. The molecule has 0 radical (unpaired) electrons. The number of rotatable bonds is 6. The van der Waals surface area contributed by atoms with Gasteiger partial charge >= 0.3 is 5.97 Å². The molecule has 1 aliphatic rings. The van der Waals surface area contributed by atoms with E-state index in [4.69, 9.17) is 4.74 Å². The summed E-state index contributed by atoms with van der Waals surface area (Å²) in [4.78, 5) is 22.2. The van der Waals surface area contributed by atoms with Crippen LogP contribution in [0.4, 0.5) is 0 Å². The SMILES string of the molecule is CC(=O)OC=CNC(=O)COC1CC(C)CCC1C(C)C. The Labute approximate surface area is 127 Å². The van der Waals surface area contributed by atoms with Crippen LogP contribution < -0.4 is 5.32 Å². The fourth-order valence-electron chi connectivity index (χ4n) is 2.79. The Bertz CT molecular complexity index is 378. The molecule has 1 fully saturated rings. The molecule has 3 atom stereocenters. The van der Waals surface area contributed by atoms with Crippen molar-refractivity contribution in [3.8, 4) is 0 Å². The van der Waals surface area contributed by atoms with E-state index in [-0.39, 0.29) is 18.6 Å². The minimum absolute atomic E-state index is 0.0328. The summed E-state index contributed by atoms with van der Waals surface area (Å²) in [5.74, 6) is 1.07. The summed E-state index contributed by atoms with van der Waals surface area (Å²) < 4.78 is 10.4. The molecule has 0 spiro atoms. The molecular formula is C16H27NO4. The predicted molar refractivity (Wildman–Crippen MR) is 80.1 cm³/mol. The zero-order chi connectivity index (χ0) is 15.8. The van der Waals surface area contributed by atoms with Crippen molar-refractivity contribution in [2.45, 2.75) is 53.1 Å². The van der Waals surface area contributed by atoms with Crippen molar-refractivity contribution >= 4 is 11.9 Å². The predicted octanol–water partition coefficient (Wildman–Crippen LogP) is 2.61. The van der Waals surface area contributed by atoms with Crippen molar-refractivity contribution in [3.05, 3.63) is 12.5 Å². The van der Waals surface area contributed by atoms with Crippen LogP contribution >= 0.6 is 0 Å². The van der Waals surface area contributed by atoms with Gasteiger partial charge in [0.25, 0.3) is 0 Å². The number of amides is 1. The second kappa shape index (κ2) is 8.82. The molecule has 0 aromatic carbocycles. The highest BCUT2D eigenvalue weighted by molar-refractivity contribution is 5.78. The lowest BCUT2D eigenvalue weighted by Gasteiger charge is -2.37. The lowest BCUT2D eigenvalue weighted by Crippen LogP contribution is -2.36. The summed E-state index contributed by atoms with van der Waals surface area (Å²) in [6.45, 7) is 7.98. The largest absolute Gasteiger partial charge is 0.433 e. The van der Waals surface area contributed by atoms with Gasteiger partial charge in [-0.2, -0.15) is 0 Å². The quantitative estimate of drug-likeness (QED) is 0.604. The molecular weight excluding hydrogens is 270 g/mol. The fourth-order valence-corrected chi connectivity index (χ4v) is 2.79. The minimum Gasteiger partial charge on any atom is -0.433 e. The number of esters is 1. The number of hydrogen-bond donors (Lipinski definition) is 1. The van der Waals surface area contributed by atoms with Crippen LogP contribution in [0, 0.1) is 17.8 Å². The summed E-state index contributed by atoms with van der Waals surface area (Å²) >= 11 is 0. The molecule has 0 aliphatic heterocycles. The third-order valence-electron chi connectivity index (χ3n) is 3.94. The van der Waals surface area contributed by atoms with E-state index in [1.165, 1.54) is 19.5 Å². The van der Waals surface area contributed by atoms with Gasteiger partial charge in [-0.15, -0.1) is 0 Å². The fraction of sp³-hybridized carbons (Fsp3) is 0.750. The Hall–Kier alpha value is -1.36. The molecule has 1 rings (SSSR count). The molecule has 0 heterocycles. The monoisotopic (exact) mass is 297 g/mol. The molecule has 0 aromatic rings. The van der Waals surface area contributed by atoms with Crippen molar-refractivity contribution in [1.82, 2.24) is 5.32 Å². The molecule has 0 aromatic heterocycles. The van der Waals surface area contributed by atoms with Crippen LogP contribution in [0.2, 0.25) is 0 Å². The first-order valence-corrected chi connectivity index (χ1v) is 7.63. The Morgan fingerprint density at radius 2 is 2.05 bits per heavy atom. The summed E-state index contributed by atoms with van der Waals surface area (Å²) in [7, 11) is 0. The lowest BCUT2D eigenvalue weighted by molar-refractivity contribution is -0.135. The highest BCUT2D eigenvalue weighted by atomic mass is 16.5. The summed E-state index contributed by atoms with van der Waals surface area (Å²) in [6.07, 6.45) is 6.02. The number of carbonyl (C=O) groups is 2. The maximum absolute atomic E-state index is 11.7. The highest BCUT2D eigenvalue weighted by Crippen LogP contribution is 2.35. The van der Waals surface area contributed by atoms with Gasteiger partial charge in [0.15, 0.2) is 0 Å². The van der Waals surface area contributed by atoms with E-state index >= 15 is 0 Å². The van der Waals surface area contributed by atoms with Crippen LogP contribution in [-0.4, -0.2) is 24.6 Å². The third-order valence-corrected chi connectivity index (χ3v) is 3.94. The summed E-state index contributed by atoms with van der Waals surface area (Å²) in [5, 5.41) is 2.51. The average Bonchev–Trinajstić information content (AvgIpc) is 2.40. The van der Waals surface area contributed by atoms with Gasteiger partial charge in [-0.25, -0.2) is 0 Å². The van der Waals surface area contributed by atoms with Gasteiger partial charge in [0.2, 0.25) is 5.91 Å². The zero-order valence-electron chi connectivity index (χ0n) is 13.4. The molecule has 1 aliphatic carbocycles. The van der Waals surface area contributed by atoms with Crippen molar-refractivity contribution in [2.24, 2.45) is 17.8 Å². The molecule has 1 N–H and O–H groups in total. The van der Waals surface area contributed by atoms with Crippen molar-refractivity contribution in [2.75, 3.05) is 6.61 Å². The van der Waals surface area contributed by atoms with Gasteiger partial charge in [-0.3, -0.25) is 9.59 Å². The molecule has 3 unspecified atom stereocenters. The summed E-state index contributed by atoms with van der Waals surface area (Å²) in [5.41, 5.74) is 0. The first-order chi connectivity index (χ1) is 9.90. The van der Waals surface area contributed by atoms with Crippen molar-refractivity contribution < 1.29 is 19.1 Å². The topological polar surface area (TPSA) is 64.6 Å². The van der Waals surface area contributed by atoms with Crippen LogP contribution in [0.5, 0.6) is 0 Å². The van der Waals surface area contributed by atoms with Gasteiger partial charge < -0.3 is 14.8 Å². The van der Waals surface area contributed by atoms with E-state index in [1.807, 2.05) is 0 Å². The normalized spacial score (nSPS) is 26.0. The van der Waals surface area contributed by atoms with Crippen LogP contribution in [0.15, 0.2) is 12.5 Å². The van der Waals surface area contributed by atoms with Gasteiger partial charge in [-0.05, 0) is 30.6 Å². The van der Waals surface area contributed by atoms with Crippen LogP contribution in [0.25, 0.3) is 0 Å². The Morgan fingerprint density at radius 1 is 1.33 bits per heavy atom. The van der Waals surface area contributed by atoms with E-state index in [0.29, 0.717) is 17.8 Å². The van der Waals surface area contributed by atoms with Crippen LogP contribution in [0.3, 0.4) is 0 Å². The lowest BCUT2D eigenvalue weighted by atomic mass is 9.75. The Balaban J connectivity index is 2.35. The minimum atomic E-state index is -0.423. The smallest absolute Gasteiger partial charge is 0.307 e.